The van der Waals surface area contributed by atoms with Crippen LogP contribution in [0, 0.1) is 0 Å². The van der Waals surface area contributed by atoms with Crippen molar-refractivity contribution in [3.8, 4) is 17.1 Å². The summed E-state index contributed by atoms with van der Waals surface area (Å²) < 4.78 is 10.9. The lowest BCUT2D eigenvalue weighted by molar-refractivity contribution is 0.193. The second-order valence-electron chi connectivity index (χ2n) is 6.45. The van der Waals surface area contributed by atoms with Crippen LogP contribution in [0.2, 0.25) is 5.02 Å². The number of likely N-dealkylation sites (tertiary alicyclic amines) is 1. The maximum atomic E-state index is 12.7. The zero-order valence-electron chi connectivity index (χ0n) is 15.3. The second-order valence-corrected chi connectivity index (χ2v) is 6.88. The molecule has 1 aliphatic rings. The highest BCUT2D eigenvalue weighted by Crippen LogP contribution is 2.34. The highest BCUT2D eigenvalue weighted by Gasteiger charge is 2.34. The van der Waals surface area contributed by atoms with E-state index in [1.54, 1.807) is 36.3 Å². The number of nitrogens with zero attached hydrogens (tertiary/aromatic N) is 3. The first-order chi connectivity index (χ1) is 13.7. The number of urea groups is 1. The molecule has 2 heterocycles. The van der Waals surface area contributed by atoms with Crippen molar-refractivity contribution in [3.05, 3.63) is 59.4 Å². The SMILES string of the molecule is COc1ccccc1-c1noc([C@H]2CCCN2C(=O)Nc2cccc(Cl)c2)n1. The summed E-state index contributed by atoms with van der Waals surface area (Å²) >= 11 is 5.99. The van der Waals surface area contributed by atoms with Crippen LogP contribution in [0.4, 0.5) is 10.5 Å². The molecule has 4 rings (SSSR count). The highest BCUT2D eigenvalue weighted by atomic mass is 35.5. The molecule has 0 aliphatic carbocycles. The Morgan fingerprint density at radius 2 is 2.14 bits per heavy atom. The van der Waals surface area contributed by atoms with E-state index in [4.69, 9.17) is 20.9 Å². The van der Waals surface area contributed by atoms with Crippen LogP contribution in [0.1, 0.15) is 24.8 Å². The zero-order chi connectivity index (χ0) is 19.5. The van der Waals surface area contributed by atoms with Gasteiger partial charge < -0.3 is 19.5 Å². The topological polar surface area (TPSA) is 80.5 Å². The Hall–Kier alpha value is -3.06. The number of ether oxygens (including phenoxy) is 1. The molecule has 144 valence electrons. The number of methoxy groups -OCH3 is 1. The summed E-state index contributed by atoms with van der Waals surface area (Å²) in [6.45, 7) is 0.615. The third kappa shape index (κ3) is 3.66. The number of amides is 2. The van der Waals surface area contributed by atoms with Gasteiger partial charge in [-0.3, -0.25) is 0 Å². The first kappa shape index (κ1) is 18.3. The minimum Gasteiger partial charge on any atom is -0.496 e. The van der Waals surface area contributed by atoms with E-state index < -0.39 is 0 Å². The van der Waals surface area contributed by atoms with Crippen LogP contribution < -0.4 is 10.1 Å². The van der Waals surface area contributed by atoms with Gasteiger partial charge in [0.25, 0.3) is 0 Å². The predicted molar refractivity (Wildman–Crippen MR) is 105 cm³/mol. The Morgan fingerprint density at radius 3 is 2.96 bits per heavy atom. The number of rotatable bonds is 4. The lowest BCUT2D eigenvalue weighted by Gasteiger charge is -2.22. The van der Waals surface area contributed by atoms with E-state index in [0.29, 0.717) is 34.7 Å². The predicted octanol–water partition coefficient (Wildman–Crippen LogP) is 4.77. The molecule has 7 nitrogen and oxygen atoms in total. The van der Waals surface area contributed by atoms with Crippen LogP contribution in [-0.4, -0.2) is 34.7 Å². The Kier molecular flexibility index (Phi) is 5.16. The third-order valence-electron chi connectivity index (χ3n) is 4.66. The van der Waals surface area contributed by atoms with Crippen molar-refractivity contribution in [1.82, 2.24) is 15.0 Å². The number of nitrogens with one attached hydrogen (secondary N) is 1. The molecule has 1 aromatic heterocycles. The number of anilines is 1. The Balaban J connectivity index is 1.54. The number of benzene rings is 2. The van der Waals surface area contributed by atoms with Gasteiger partial charge in [0.05, 0.1) is 12.7 Å². The van der Waals surface area contributed by atoms with Crippen LogP contribution in [0.15, 0.2) is 53.1 Å². The van der Waals surface area contributed by atoms with E-state index >= 15 is 0 Å². The smallest absolute Gasteiger partial charge is 0.322 e. The average molecular weight is 399 g/mol. The Labute approximate surface area is 167 Å². The van der Waals surface area contributed by atoms with Crippen molar-refractivity contribution >= 4 is 23.3 Å². The number of hydrogen-bond acceptors (Lipinski definition) is 5. The molecular formula is C20H19ClN4O3. The molecule has 0 saturated carbocycles. The standard InChI is InChI=1S/C20H19ClN4O3/c1-27-17-10-3-2-8-15(17)18-23-19(28-24-18)16-9-5-11-25(16)20(26)22-14-7-4-6-13(21)12-14/h2-4,6-8,10,12,16H,5,9,11H2,1H3,(H,22,26)/t16-/m1/s1. The molecule has 0 spiro atoms. The molecular weight excluding hydrogens is 380 g/mol. The summed E-state index contributed by atoms with van der Waals surface area (Å²) in [6.07, 6.45) is 1.62. The lowest BCUT2D eigenvalue weighted by Crippen LogP contribution is -2.34. The second kappa shape index (κ2) is 7.90. The van der Waals surface area contributed by atoms with Crippen LogP contribution in [-0.2, 0) is 0 Å². The number of para-hydroxylation sites is 1. The summed E-state index contributed by atoms with van der Waals surface area (Å²) in [7, 11) is 1.60. The lowest BCUT2D eigenvalue weighted by atomic mass is 10.2. The molecule has 2 aromatic carbocycles. The van der Waals surface area contributed by atoms with Crippen molar-refractivity contribution in [1.29, 1.82) is 0 Å². The fraction of sp³-hybridized carbons (Fsp3) is 0.250. The number of carbonyl (C=O) groups is 1. The maximum Gasteiger partial charge on any atom is 0.322 e. The summed E-state index contributed by atoms with van der Waals surface area (Å²) in [4.78, 5) is 19.0. The molecule has 0 bridgehead atoms. The largest absolute Gasteiger partial charge is 0.496 e. The summed E-state index contributed by atoms with van der Waals surface area (Å²) in [5, 5.41) is 7.52. The molecule has 28 heavy (non-hydrogen) atoms. The van der Waals surface area contributed by atoms with Crippen molar-refractivity contribution in [2.24, 2.45) is 0 Å². The van der Waals surface area contributed by atoms with Crippen LogP contribution in [0.25, 0.3) is 11.4 Å². The molecule has 1 fully saturated rings. The molecule has 1 aliphatic heterocycles. The summed E-state index contributed by atoms with van der Waals surface area (Å²) in [5.41, 5.74) is 1.39. The number of halogens is 1. The van der Waals surface area contributed by atoms with Gasteiger partial charge in [0.15, 0.2) is 0 Å². The maximum absolute atomic E-state index is 12.7. The van der Waals surface area contributed by atoms with E-state index in [2.05, 4.69) is 15.5 Å². The van der Waals surface area contributed by atoms with Gasteiger partial charge in [0.1, 0.15) is 11.8 Å². The fourth-order valence-electron chi connectivity index (χ4n) is 3.34. The normalized spacial score (nSPS) is 16.2. The van der Waals surface area contributed by atoms with Gasteiger partial charge in [-0.25, -0.2) is 4.79 Å². The van der Waals surface area contributed by atoms with Crippen LogP contribution in [0.3, 0.4) is 0 Å². The zero-order valence-corrected chi connectivity index (χ0v) is 16.0. The van der Waals surface area contributed by atoms with Crippen LogP contribution >= 0.6 is 11.6 Å². The van der Waals surface area contributed by atoms with E-state index in [1.807, 2.05) is 24.3 Å². The van der Waals surface area contributed by atoms with E-state index in [1.165, 1.54) is 0 Å². The van der Waals surface area contributed by atoms with Gasteiger partial charge in [0, 0.05) is 17.3 Å². The average Bonchev–Trinajstić information content (AvgIpc) is 3.37. The number of aromatic nitrogens is 2. The molecule has 3 aromatic rings. The van der Waals surface area contributed by atoms with E-state index in [9.17, 15) is 4.79 Å². The number of hydrogen-bond donors (Lipinski definition) is 1. The van der Waals surface area contributed by atoms with Gasteiger partial charge in [-0.15, -0.1) is 0 Å². The van der Waals surface area contributed by atoms with Gasteiger partial charge in [-0.05, 0) is 43.2 Å². The van der Waals surface area contributed by atoms with E-state index in [0.717, 1.165) is 18.4 Å². The molecule has 0 unspecified atom stereocenters. The Bertz CT molecular complexity index is 991. The van der Waals surface area contributed by atoms with Crippen molar-refractivity contribution < 1.29 is 14.1 Å². The van der Waals surface area contributed by atoms with Gasteiger partial charge in [-0.1, -0.05) is 35.0 Å². The third-order valence-corrected chi connectivity index (χ3v) is 4.90. The molecule has 1 N–H and O–H groups in total. The summed E-state index contributed by atoms with van der Waals surface area (Å²) in [6, 6.07) is 14.0. The number of carbonyl (C=O) groups excluding carboxylic acids is 1. The highest BCUT2D eigenvalue weighted by molar-refractivity contribution is 6.30. The quantitative estimate of drug-likeness (QED) is 0.684. The minimum atomic E-state index is -0.268. The van der Waals surface area contributed by atoms with Crippen molar-refractivity contribution in [3.63, 3.8) is 0 Å². The fourth-order valence-corrected chi connectivity index (χ4v) is 3.53. The molecule has 0 radical (unpaired) electrons. The van der Waals surface area contributed by atoms with Crippen LogP contribution in [0.5, 0.6) is 5.75 Å². The summed E-state index contributed by atoms with van der Waals surface area (Å²) in [5.74, 6) is 1.52. The Morgan fingerprint density at radius 1 is 1.29 bits per heavy atom. The molecule has 1 atom stereocenters. The molecule has 1 saturated heterocycles. The monoisotopic (exact) mass is 398 g/mol. The van der Waals surface area contributed by atoms with Gasteiger partial charge >= 0.3 is 6.03 Å². The van der Waals surface area contributed by atoms with Crippen molar-refractivity contribution in [2.45, 2.75) is 18.9 Å². The molecule has 8 heteroatoms. The van der Waals surface area contributed by atoms with Crippen molar-refractivity contribution in [2.75, 3.05) is 19.0 Å². The van der Waals surface area contributed by atoms with E-state index in [-0.39, 0.29) is 12.1 Å². The first-order valence-corrected chi connectivity index (χ1v) is 9.33. The van der Waals surface area contributed by atoms with Gasteiger partial charge in [0.2, 0.25) is 11.7 Å². The van der Waals surface area contributed by atoms with Gasteiger partial charge in [-0.2, -0.15) is 4.98 Å². The minimum absolute atomic E-state index is 0.221. The first-order valence-electron chi connectivity index (χ1n) is 8.96. The molecule has 2 amide bonds.